The number of anilines is 2. The topological polar surface area (TPSA) is 130 Å². The van der Waals surface area contributed by atoms with Gasteiger partial charge in [-0.05, 0) is 70.3 Å². The normalized spacial score (nSPS) is 24.5. The number of ether oxygens (including phenoxy) is 3. The lowest BCUT2D eigenvalue weighted by Gasteiger charge is -2.46. The van der Waals surface area contributed by atoms with E-state index in [2.05, 4.69) is 41.5 Å². The van der Waals surface area contributed by atoms with Crippen LogP contribution in [-0.4, -0.2) is 40.5 Å². The Hall–Kier alpha value is -3.88. The zero-order valence-corrected chi connectivity index (χ0v) is 22.8. The molecule has 12 heteroatoms. The highest BCUT2D eigenvalue weighted by Gasteiger charge is 2.44. The highest BCUT2D eigenvalue weighted by molar-refractivity contribution is 5.68. The van der Waals surface area contributed by atoms with E-state index >= 15 is 0 Å². The molecule has 1 aliphatic heterocycles. The number of carbonyl (C=O) groups excluding carboxylic acids is 1. The zero-order valence-electron chi connectivity index (χ0n) is 22.8. The highest BCUT2D eigenvalue weighted by Crippen LogP contribution is 2.44. The van der Waals surface area contributed by atoms with Crippen LogP contribution in [0.25, 0.3) is 0 Å². The van der Waals surface area contributed by atoms with Crippen LogP contribution in [0.15, 0.2) is 24.4 Å². The number of benzene rings is 1. The first-order valence-corrected chi connectivity index (χ1v) is 13.6. The van der Waals surface area contributed by atoms with Gasteiger partial charge in [-0.1, -0.05) is 18.6 Å². The van der Waals surface area contributed by atoms with Gasteiger partial charge in [0.25, 0.3) is 0 Å². The van der Waals surface area contributed by atoms with Crippen molar-refractivity contribution in [2.45, 2.75) is 77.4 Å². The Morgan fingerprint density at radius 3 is 2.65 bits per heavy atom. The maximum absolute atomic E-state index is 13.5. The molecule has 40 heavy (non-hydrogen) atoms. The van der Waals surface area contributed by atoms with E-state index in [0.29, 0.717) is 41.2 Å². The van der Waals surface area contributed by atoms with Crippen LogP contribution in [0.4, 0.5) is 25.3 Å². The molecule has 0 saturated heterocycles. The van der Waals surface area contributed by atoms with Gasteiger partial charge in [-0.3, -0.25) is 0 Å². The van der Waals surface area contributed by atoms with Crippen LogP contribution in [0, 0.1) is 29.1 Å². The van der Waals surface area contributed by atoms with Crippen molar-refractivity contribution in [1.29, 1.82) is 5.26 Å². The van der Waals surface area contributed by atoms with E-state index in [0.717, 1.165) is 32.1 Å². The number of alkyl carbamates (subject to hydrolysis) is 1. The Morgan fingerprint density at radius 2 is 1.95 bits per heavy atom. The van der Waals surface area contributed by atoms with E-state index in [1.807, 2.05) is 20.8 Å². The third-order valence-electron chi connectivity index (χ3n) is 7.54. The maximum atomic E-state index is 13.5. The first kappa shape index (κ1) is 27.7. The molecule has 2 bridgehead atoms. The fourth-order valence-electron chi connectivity index (χ4n) is 5.98. The van der Waals surface area contributed by atoms with Gasteiger partial charge in [0.1, 0.15) is 23.1 Å². The molecule has 3 aliphatic rings. The molecule has 10 nitrogen and oxygen atoms in total. The number of alkyl halides is 2. The largest absolute Gasteiger partial charge is 0.586 e. The molecule has 1 aromatic carbocycles. The third kappa shape index (κ3) is 6.46. The molecule has 2 aromatic rings. The van der Waals surface area contributed by atoms with Crippen LogP contribution in [-0.2, 0) is 11.3 Å². The maximum Gasteiger partial charge on any atom is 0.586 e. The van der Waals surface area contributed by atoms with Gasteiger partial charge in [0, 0.05) is 24.7 Å². The summed E-state index contributed by atoms with van der Waals surface area (Å²) in [5, 5.41) is 19.1. The van der Waals surface area contributed by atoms with Gasteiger partial charge in [-0.15, -0.1) is 8.78 Å². The first-order valence-electron chi connectivity index (χ1n) is 13.6. The molecule has 0 spiro atoms. The Kier molecular flexibility index (Phi) is 7.57. The van der Waals surface area contributed by atoms with E-state index in [4.69, 9.17) is 4.74 Å². The summed E-state index contributed by atoms with van der Waals surface area (Å²) in [5.74, 6) is 1.68. The molecule has 4 atom stereocenters. The van der Waals surface area contributed by atoms with E-state index in [9.17, 15) is 18.8 Å². The number of nitrogens with zero attached hydrogens (tertiary/aromatic N) is 3. The van der Waals surface area contributed by atoms with Gasteiger partial charge in [0.2, 0.25) is 5.95 Å². The third-order valence-corrected chi connectivity index (χ3v) is 7.54. The molecule has 3 N–H and O–H groups in total. The summed E-state index contributed by atoms with van der Waals surface area (Å²) in [7, 11) is 0. The summed E-state index contributed by atoms with van der Waals surface area (Å²) in [6.45, 7) is 6.32. The number of hydrogen-bond acceptors (Lipinski definition) is 9. The number of hydrogen-bond donors (Lipinski definition) is 3. The van der Waals surface area contributed by atoms with Gasteiger partial charge >= 0.3 is 12.4 Å². The smallest absolute Gasteiger partial charge is 0.444 e. The van der Waals surface area contributed by atoms with Gasteiger partial charge in [0.15, 0.2) is 11.5 Å². The average Bonchev–Trinajstić information content (AvgIpc) is 3.19. The summed E-state index contributed by atoms with van der Waals surface area (Å²) in [5.41, 5.74) is 0.227. The minimum absolute atomic E-state index is 0.0331. The Bertz CT molecular complexity index is 1280. The minimum Gasteiger partial charge on any atom is -0.444 e. The number of nitrogens with one attached hydrogen (secondary N) is 3. The quantitative estimate of drug-likeness (QED) is 0.410. The Morgan fingerprint density at radius 1 is 1.20 bits per heavy atom. The van der Waals surface area contributed by atoms with Crippen molar-refractivity contribution < 1.29 is 27.8 Å². The molecule has 2 saturated carbocycles. The van der Waals surface area contributed by atoms with Crippen LogP contribution < -0.4 is 25.4 Å². The number of amides is 1. The lowest BCUT2D eigenvalue weighted by molar-refractivity contribution is -0.286. The van der Waals surface area contributed by atoms with Crippen LogP contribution in [0.2, 0.25) is 0 Å². The lowest BCUT2D eigenvalue weighted by atomic mass is 9.64. The molecular formula is C28H34F2N6O4. The van der Waals surface area contributed by atoms with Crippen molar-refractivity contribution in [3.8, 4) is 17.6 Å². The number of nitriles is 1. The van der Waals surface area contributed by atoms with Gasteiger partial charge < -0.3 is 30.2 Å². The van der Waals surface area contributed by atoms with Crippen molar-refractivity contribution in [2.24, 2.45) is 17.8 Å². The van der Waals surface area contributed by atoms with E-state index in [-0.39, 0.29) is 36.1 Å². The summed E-state index contributed by atoms with van der Waals surface area (Å²) in [6, 6.07) is 6.88. The SMILES string of the molecule is CC(C)(C)OC(=O)NC1[C@@H]2CCC[C@H]1CC(CNc1nc(NCc3cccc4c3OC(F)(F)O4)ncc1C#N)C2. The average molecular weight is 557 g/mol. The zero-order chi connectivity index (χ0) is 28.5. The number of carbonyl (C=O) groups is 1. The van der Waals surface area contributed by atoms with Crippen LogP contribution in [0.5, 0.6) is 11.5 Å². The second-order valence-electron chi connectivity index (χ2n) is 11.7. The predicted octanol–water partition coefficient (Wildman–Crippen LogP) is 5.41. The fourth-order valence-corrected chi connectivity index (χ4v) is 5.98. The number of halogens is 2. The van der Waals surface area contributed by atoms with Crippen molar-refractivity contribution >= 4 is 17.9 Å². The Balaban J connectivity index is 1.20. The predicted molar refractivity (Wildman–Crippen MR) is 142 cm³/mol. The molecular weight excluding hydrogens is 522 g/mol. The van der Waals surface area contributed by atoms with Gasteiger partial charge in [0.05, 0.1) is 6.20 Å². The molecule has 2 fully saturated rings. The first-order chi connectivity index (χ1) is 19.0. The minimum atomic E-state index is -3.70. The molecule has 0 radical (unpaired) electrons. The van der Waals surface area contributed by atoms with Crippen molar-refractivity contribution in [3.05, 3.63) is 35.5 Å². The molecule has 5 rings (SSSR count). The van der Waals surface area contributed by atoms with E-state index in [1.165, 1.54) is 12.3 Å². The van der Waals surface area contributed by atoms with E-state index in [1.54, 1.807) is 12.1 Å². The van der Waals surface area contributed by atoms with Crippen LogP contribution in [0.3, 0.4) is 0 Å². The second-order valence-corrected chi connectivity index (χ2v) is 11.7. The summed E-state index contributed by atoms with van der Waals surface area (Å²) in [6.07, 6.45) is 2.54. The highest BCUT2D eigenvalue weighted by atomic mass is 19.3. The molecule has 214 valence electrons. The standard InChI is InChI=1S/C28H34F2N6O4/c1-27(2,3)40-26(37)35-22-17-6-4-7-18(22)11-16(10-17)13-32-24-20(12-31)15-34-25(36-24)33-14-19-8-5-9-21-23(19)39-28(29,30)38-21/h5,8-9,15-18,22H,4,6-7,10-11,13-14H2,1-3H3,(H,35,37)(H2,32,33,34,36)/t16?,17-,18+,22?. The van der Waals surface area contributed by atoms with Gasteiger partial charge in [-0.2, -0.15) is 10.2 Å². The summed E-state index contributed by atoms with van der Waals surface area (Å²) >= 11 is 0. The number of para-hydroxylation sites is 1. The summed E-state index contributed by atoms with van der Waals surface area (Å²) in [4.78, 5) is 21.1. The van der Waals surface area contributed by atoms with Crippen molar-refractivity contribution in [1.82, 2.24) is 15.3 Å². The number of fused-ring (bicyclic) bond motifs is 3. The fraction of sp³-hybridized carbons (Fsp3) is 0.571. The second kappa shape index (κ2) is 10.9. The molecule has 2 aliphatic carbocycles. The van der Waals surface area contributed by atoms with Crippen LogP contribution in [0.1, 0.15) is 64.0 Å². The van der Waals surface area contributed by atoms with Crippen molar-refractivity contribution in [3.63, 3.8) is 0 Å². The van der Waals surface area contributed by atoms with Crippen molar-refractivity contribution in [2.75, 3.05) is 17.2 Å². The molecule has 1 aromatic heterocycles. The van der Waals surface area contributed by atoms with Gasteiger partial charge in [-0.25, -0.2) is 9.78 Å². The van der Waals surface area contributed by atoms with E-state index < -0.39 is 11.9 Å². The molecule has 2 heterocycles. The number of aromatic nitrogens is 2. The number of rotatable bonds is 7. The Labute approximate surface area is 231 Å². The lowest BCUT2D eigenvalue weighted by Crippen LogP contribution is -2.52. The molecule has 2 unspecified atom stereocenters. The molecule has 1 amide bonds. The monoisotopic (exact) mass is 556 g/mol. The summed E-state index contributed by atoms with van der Waals surface area (Å²) < 4.78 is 41.7. The van der Waals surface area contributed by atoms with Crippen LogP contribution >= 0.6 is 0 Å².